The van der Waals surface area contributed by atoms with Gasteiger partial charge in [-0.05, 0) is 42.8 Å². The van der Waals surface area contributed by atoms with Crippen LogP contribution in [-0.2, 0) is 25.8 Å². The van der Waals surface area contributed by atoms with E-state index < -0.39 is 4.92 Å². The Kier molecular flexibility index (Phi) is 28.3. The van der Waals surface area contributed by atoms with E-state index in [1.165, 1.54) is 19.2 Å². The summed E-state index contributed by atoms with van der Waals surface area (Å²) in [6.45, 7) is 5.93. The molecule has 0 saturated carbocycles. The van der Waals surface area contributed by atoms with Gasteiger partial charge in [0.15, 0.2) is 0 Å². The minimum absolute atomic E-state index is 0. The van der Waals surface area contributed by atoms with Crippen molar-refractivity contribution < 1.29 is 33.9 Å². The van der Waals surface area contributed by atoms with E-state index >= 15 is 0 Å². The van der Waals surface area contributed by atoms with Crippen molar-refractivity contribution in [3.8, 4) is 5.75 Å². The molecular formula is C24H35FmN4O8-. The molecule has 0 aromatic heterocycles. The van der Waals surface area contributed by atoms with Crippen LogP contribution in [-0.4, -0.2) is 42.2 Å². The summed E-state index contributed by atoms with van der Waals surface area (Å²) in [6.07, 6.45) is 3.08. The van der Waals surface area contributed by atoms with E-state index in [-0.39, 0.29) is 18.1 Å². The Hall–Kier alpha value is -5.32. The molecule has 0 aliphatic carbocycles. The number of nitro groups is 1. The first-order valence-electron chi connectivity index (χ1n) is 10.6. The van der Waals surface area contributed by atoms with Crippen molar-refractivity contribution in [1.82, 2.24) is 0 Å². The van der Waals surface area contributed by atoms with Gasteiger partial charge in [0.05, 0.1) is 4.92 Å². The van der Waals surface area contributed by atoms with Gasteiger partial charge in [0.1, 0.15) is 18.6 Å². The second-order valence-corrected chi connectivity index (χ2v) is 6.66. The molecule has 212 valence electrons. The number of non-ortho nitro benzene ring substituents is 1. The van der Waals surface area contributed by atoms with E-state index in [1.807, 2.05) is 38.1 Å². The molecule has 0 aliphatic heterocycles. The molecule has 12 nitrogen and oxygen atoms in total. The van der Waals surface area contributed by atoms with Gasteiger partial charge in [-0.2, -0.15) is 6.41 Å². The van der Waals surface area contributed by atoms with Crippen LogP contribution in [0.4, 0.5) is 11.4 Å². The Labute approximate surface area is 210 Å². The second-order valence-electron chi connectivity index (χ2n) is 6.66. The van der Waals surface area contributed by atoms with Crippen molar-refractivity contribution in [2.45, 2.75) is 40.2 Å². The summed E-state index contributed by atoms with van der Waals surface area (Å²) in [7, 11) is 1.50. The van der Waals surface area contributed by atoms with Gasteiger partial charge in [0.25, 0.3) is 12.2 Å². The molecule has 37 heavy (non-hydrogen) atoms. The Morgan fingerprint density at radius 1 is 1.14 bits per heavy atom. The number of carbonyl (C=O) groups is 3. The topological polar surface area (TPSA) is 205 Å². The zero-order valence-electron chi connectivity index (χ0n) is 21.2. The average molecular weight is 765 g/mol. The largest absolute Gasteiger partial charge is 0.543 e. The number of nitrogens with two attached hydrogens (primary N) is 2. The van der Waals surface area contributed by atoms with Gasteiger partial charge in [-0.25, -0.2) is 0 Å². The van der Waals surface area contributed by atoms with E-state index in [9.17, 15) is 19.7 Å². The molecule has 6 N–H and O–H groups in total. The smallest absolute Gasteiger partial charge is 0.290 e. The van der Waals surface area contributed by atoms with Gasteiger partial charge in [0, 0.05) is 30.7 Å². The number of benzene rings is 2. The predicted octanol–water partition coefficient (Wildman–Crippen LogP) is 3.04. The van der Waals surface area contributed by atoms with E-state index in [2.05, 4.69) is 16.8 Å². The van der Waals surface area contributed by atoms with E-state index in [4.69, 9.17) is 19.4 Å². The maximum Gasteiger partial charge on any atom is 0.290 e. The molecule has 0 fully saturated rings. The van der Waals surface area contributed by atoms with E-state index in [0.717, 1.165) is 23.9 Å². The molecule has 0 spiro atoms. The minimum Gasteiger partial charge on any atom is -0.543 e. The average Bonchev–Trinajstić information content (AvgIpc) is 2.86. The maximum absolute atomic E-state index is 11.3. The third-order valence-corrected chi connectivity index (χ3v) is 3.58. The van der Waals surface area contributed by atoms with Crippen molar-refractivity contribution in [2.75, 3.05) is 12.4 Å². The molecule has 2 amide bonds. The van der Waals surface area contributed by atoms with Gasteiger partial charge in [-0.1, -0.05) is 32.9 Å². The van der Waals surface area contributed by atoms with Gasteiger partial charge in [-0.15, -0.1) is 0 Å². The van der Waals surface area contributed by atoms with Crippen LogP contribution in [0.2, 0.25) is 0 Å². The van der Waals surface area contributed by atoms with Gasteiger partial charge < -0.3 is 36.2 Å². The summed E-state index contributed by atoms with van der Waals surface area (Å²) in [5.74, 6) is 1.06. The summed E-state index contributed by atoms with van der Waals surface area (Å²) >= 11 is 0. The van der Waals surface area contributed by atoms with Crippen molar-refractivity contribution in [3.63, 3.8) is 0 Å². The number of rotatable bonds is 8. The summed E-state index contributed by atoms with van der Waals surface area (Å²) in [5.41, 5.74) is 10.3. The van der Waals surface area contributed by atoms with Crippen molar-refractivity contribution in [1.29, 1.82) is 0 Å². The molecule has 0 bridgehead atoms. The predicted molar refractivity (Wildman–Crippen MR) is 137 cm³/mol. The first-order chi connectivity index (χ1) is 17.2. The van der Waals surface area contributed by atoms with Gasteiger partial charge in [0.2, 0.25) is 5.91 Å². The number of amides is 2. The Morgan fingerprint density at radius 2 is 1.59 bits per heavy atom. The fraction of sp³-hybridized carbons (Fsp3) is 0.333. The van der Waals surface area contributed by atoms with Crippen molar-refractivity contribution >= 4 is 36.5 Å². The number of hydrogen-bond acceptors (Lipinski definition) is 8. The molecule has 2 rings (SSSR count). The van der Waals surface area contributed by atoms with Crippen LogP contribution in [0.25, 0.3) is 0 Å². The van der Waals surface area contributed by atoms with Crippen LogP contribution in [0.1, 0.15) is 39.2 Å². The number of nitrogens with zero attached hydrogens (tertiary/aromatic N) is 1. The van der Waals surface area contributed by atoms with Crippen LogP contribution in [0.15, 0.2) is 48.5 Å². The summed E-state index contributed by atoms with van der Waals surface area (Å²) < 4.78 is 5.56. The zero-order chi connectivity index (χ0) is 28.4. The molecule has 0 radical (unpaired) electrons. The monoisotopic (exact) mass is 764 g/mol. The molecule has 0 unspecified atom stereocenters. The summed E-state index contributed by atoms with van der Waals surface area (Å²) in [6, 6.07) is 13.3. The summed E-state index contributed by atoms with van der Waals surface area (Å²) in [5, 5.41) is 20.2. The molecule has 0 saturated heterocycles. The number of carbonyl (C=O) groups excluding carboxylic acids is 3. The molecule has 2 aromatic carbocycles. The number of carboxylic acid groups (broad SMARTS) is 1. The standard InChI is InChI=1S/C16H16N2O4.C5H10O.CH2NO.CH5N.CH2O2.Fm/c1-2-16(19)17-13-5-3-12(4-6-13)11-22-15-9-7-14(8-10-15)18(20)21;1-5(2)3-4-6;2-1-3;1-2;2-1-3;/h3-10H,2,11H2,1H3,(H,17,19);4-5H,3H2,1-2H3;(H2,2,3);2H2,1H3;1H,(H,2,3);/q;;-1;;;. The molecule has 0 heterocycles. The van der Waals surface area contributed by atoms with Gasteiger partial charge in [-0.3, -0.25) is 19.7 Å². The zero-order valence-corrected chi connectivity index (χ0v) is 23.6. The first kappa shape index (κ1) is 38.9. The number of primary amides is 1. The third-order valence-electron chi connectivity index (χ3n) is 3.58. The van der Waals surface area contributed by atoms with Crippen LogP contribution in [0, 0.1) is 16.0 Å². The Balaban J connectivity index is -0.000000304. The SMILES string of the molecule is CC(C)CC=O.CCC(=O)Nc1ccc(COc2ccc([N+](=O)[O-])cc2)cc1.CN.N[C-]=O.O=CO.[Fm]. The molecular weight excluding hydrogens is 729 g/mol. The van der Waals surface area contributed by atoms with Crippen LogP contribution < -0.4 is 21.5 Å². The number of nitrogens with one attached hydrogen (secondary N) is 1. The normalized spacial score (nSPS) is 8.27. The van der Waals surface area contributed by atoms with E-state index in [1.54, 1.807) is 19.1 Å². The van der Waals surface area contributed by atoms with Crippen LogP contribution in [0.3, 0.4) is 0 Å². The fourth-order valence-electron chi connectivity index (χ4n) is 1.96. The Morgan fingerprint density at radius 3 is 1.92 bits per heavy atom. The fourth-order valence-corrected chi connectivity index (χ4v) is 1.96. The molecule has 0 atom stereocenters. The quantitative estimate of drug-likeness (QED) is 0.102. The number of nitro benzene ring substituents is 1. The minimum atomic E-state index is -0.451. The summed E-state index contributed by atoms with van der Waals surface area (Å²) in [4.78, 5) is 47.8. The van der Waals surface area contributed by atoms with Crippen LogP contribution in [0.5, 0.6) is 5.75 Å². The number of aldehydes is 1. The van der Waals surface area contributed by atoms with Gasteiger partial charge >= 0.3 is 0 Å². The third kappa shape index (κ3) is 23.6. The Bertz CT molecular complexity index is 858. The number of anilines is 1. The molecule has 2 aromatic rings. The maximum atomic E-state index is 11.3. The molecule has 0 aliphatic rings. The van der Waals surface area contributed by atoms with E-state index in [0.29, 0.717) is 31.1 Å². The molecule has 13 heteroatoms. The van der Waals surface area contributed by atoms with Crippen molar-refractivity contribution in [2.24, 2.45) is 17.4 Å². The van der Waals surface area contributed by atoms with Crippen molar-refractivity contribution in [3.05, 3.63) is 64.2 Å². The number of ether oxygens (including phenoxy) is 1. The second kappa shape index (κ2) is 26.9. The first-order valence-corrected chi connectivity index (χ1v) is 10.6. The van der Waals surface area contributed by atoms with Crippen LogP contribution >= 0.6 is 0 Å². The number of hydrogen-bond donors (Lipinski definition) is 4.